The molecule has 1 spiro atoms. The number of hydrogen-bond acceptors (Lipinski definition) is 7. The molecule has 6 rings (SSSR count). The number of fused-ring (bicyclic) bond motifs is 2. The minimum Gasteiger partial charge on any atom is -0.394 e. The molecule has 1 aromatic rings. The monoisotopic (exact) mass is 550 g/mol. The van der Waals surface area contributed by atoms with Crippen molar-refractivity contribution in [1.29, 1.82) is 0 Å². The molecule has 5 aliphatic rings. The molecule has 10 heteroatoms. The molecule has 6 atom stereocenters. The van der Waals surface area contributed by atoms with Crippen molar-refractivity contribution in [3.63, 3.8) is 0 Å². The number of benzene rings is 1. The highest BCUT2D eigenvalue weighted by molar-refractivity contribution is 6.03. The molecule has 0 aromatic heterocycles. The fourth-order valence-corrected chi connectivity index (χ4v) is 7.06. The van der Waals surface area contributed by atoms with Crippen LogP contribution in [0.4, 0.5) is 5.69 Å². The minimum absolute atomic E-state index is 0.191. The highest BCUT2D eigenvalue weighted by atomic mass is 16.5. The Morgan fingerprint density at radius 1 is 1.00 bits per heavy atom. The van der Waals surface area contributed by atoms with Gasteiger partial charge in [-0.3, -0.25) is 19.3 Å². The van der Waals surface area contributed by atoms with E-state index in [0.29, 0.717) is 45.8 Å². The number of amides is 3. The van der Waals surface area contributed by atoms with Gasteiger partial charge in [0.25, 0.3) is 0 Å². The van der Waals surface area contributed by atoms with Crippen molar-refractivity contribution in [2.45, 2.75) is 37.1 Å². The molecule has 3 amide bonds. The zero-order valence-corrected chi connectivity index (χ0v) is 22.9. The number of nitrogens with zero attached hydrogens (tertiary/aromatic N) is 4. The lowest BCUT2D eigenvalue weighted by atomic mass is 9.77. The Morgan fingerprint density at radius 2 is 1.77 bits per heavy atom. The van der Waals surface area contributed by atoms with Crippen LogP contribution in [0.1, 0.15) is 13.3 Å². The first-order chi connectivity index (χ1) is 19.5. The lowest BCUT2D eigenvalue weighted by molar-refractivity contribution is -0.150. The van der Waals surface area contributed by atoms with E-state index < -0.39 is 35.6 Å². The normalized spacial score (nSPS) is 33.0. The smallest absolute Gasteiger partial charge is 0.249 e. The average molecular weight is 551 g/mol. The molecule has 0 aliphatic carbocycles. The van der Waals surface area contributed by atoms with E-state index in [-0.39, 0.29) is 24.3 Å². The Morgan fingerprint density at radius 3 is 2.50 bits per heavy atom. The number of carbonyl (C=O) groups excluding carboxylic acids is 3. The second-order valence-electron chi connectivity index (χ2n) is 11.2. The van der Waals surface area contributed by atoms with Crippen LogP contribution in [0.2, 0.25) is 0 Å². The van der Waals surface area contributed by atoms with E-state index in [4.69, 9.17) is 9.47 Å². The molecule has 40 heavy (non-hydrogen) atoms. The minimum atomic E-state index is -1.29. The summed E-state index contributed by atoms with van der Waals surface area (Å²) in [6, 6.07) is 7.90. The number of aliphatic hydroxyl groups is 1. The summed E-state index contributed by atoms with van der Waals surface area (Å²) in [5.41, 5.74) is -0.541. The van der Waals surface area contributed by atoms with E-state index in [1.165, 1.54) is 4.90 Å². The van der Waals surface area contributed by atoms with Crippen molar-refractivity contribution < 1.29 is 29.0 Å². The van der Waals surface area contributed by atoms with Gasteiger partial charge in [-0.25, -0.2) is 0 Å². The van der Waals surface area contributed by atoms with Gasteiger partial charge in [0.1, 0.15) is 11.6 Å². The lowest BCUT2D eigenvalue weighted by Crippen LogP contribution is -2.58. The van der Waals surface area contributed by atoms with Crippen molar-refractivity contribution in [2.24, 2.45) is 11.8 Å². The molecule has 5 aliphatic heterocycles. The molecule has 0 bridgehead atoms. The van der Waals surface area contributed by atoms with Crippen LogP contribution < -0.4 is 4.90 Å². The number of hydrogen-bond donors (Lipinski definition) is 1. The van der Waals surface area contributed by atoms with E-state index in [2.05, 4.69) is 4.90 Å². The molecule has 0 saturated carbocycles. The second kappa shape index (κ2) is 11.1. The summed E-state index contributed by atoms with van der Waals surface area (Å²) in [4.78, 5) is 50.1. The van der Waals surface area contributed by atoms with Crippen LogP contribution in [0.5, 0.6) is 0 Å². The average Bonchev–Trinajstić information content (AvgIpc) is 3.30. The van der Waals surface area contributed by atoms with E-state index in [9.17, 15) is 19.5 Å². The first-order valence-electron chi connectivity index (χ1n) is 14.4. The van der Waals surface area contributed by atoms with Crippen LogP contribution in [0, 0.1) is 11.8 Å². The Balaban J connectivity index is 1.36. The van der Waals surface area contributed by atoms with Crippen LogP contribution in [0.3, 0.4) is 0 Å². The second-order valence-corrected chi connectivity index (χ2v) is 11.2. The molecule has 3 saturated heterocycles. The first-order valence-corrected chi connectivity index (χ1v) is 14.4. The summed E-state index contributed by atoms with van der Waals surface area (Å²) >= 11 is 0. The number of morpholine rings is 1. The Bertz CT molecular complexity index is 1180. The number of likely N-dealkylation sites (tertiary alicyclic amines) is 1. The molecule has 1 unspecified atom stereocenters. The van der Waals surface area contributed by atoms with Crippen LogP contribution in [0.25, 0.3) is 0 Å². The maximum absolute atomic E-state index is 14.3. The van der Waals surface area contributed by atoms with Crippen molar-refractivity contribution in [3.8, 4) is 0 Å². The lowest BCUT2D eigenvalue weighted by Gasteiger charge is -2.38. The number of anilines is 1. The van der Waals surface area contributed by atoms with Crippen molar-refractivity contribution in [3.05, 3.63) is 54.6 Å². The summed E-state index contributed by atoms with van der Waals surface area (Å²) in [5, 5.41) is 10.3. The molecule has 1 N–H and O–H groups in total. The third kappa shape index (κ3) is 4.38. The summed E-state index contributed by atoms with van der Waals surface area (Å²) in [6.45, 7) is 6.59. The van der Waals surface area contributed by atoms with Gasteiger partial charge in [-0.1, -0.05) is 49.4 Å². The molecule has 214 valence electrons. The summed E-state index contributed by atoms with van der Waals surface area (Å²) in [6.07, 6.45) is 7.39. The largest absolute Gasteiger partial charge is 0.394 e. The van der Waals surface area contributed by atoms with Gasteiger partial charge in [-0.05, 0) is 18.6 Å². The number of carbonyl (C=O) groups is 3. The molecule has 0 radical (unpaired) electrons. The van der Waals surface area contributed by atoms with Crippen LogP contribution in [-0.2, 0) is 23.9 Å². The number of ether oxygens (including phenoxy) is 2. The summed E-state index contributed by atoms with van der Waals surface area (Å²) in [7, 11) is 0. The maximum Gasteiger partial charge on any atom is 0.249 e. The van der Waals surface area contributed by atoms with Crippen molar-refractivity contribution in [2.75, 3.05) is 64.0 Å². The topological polar surface area (TPSA) is 103 Å². The summed E-state index contributed by atoms with van der Waals surface area (Å²) < 4.78 is 12.2. The Hall–Kier alpha value is -3.05. The third-order valence-electron chi connectivity index (χ3n) is 9.11. The van der Waals surface area contributed by atoms with Crippen molar-refractivity contribution in [1.82, 2.24) is 14.7 Å². The third-order valence-corrected chi connectivity index (χ3v) is 9.11. The van der Waals surface area contributed by atoms with Crippen molar-refractivity contribution >= 4 is 23.4 Å². The standard InChI is InChI=1S/C30H38N4O6/c1-2-21(20-35)34-26-29(38)32(15-14-31-16-18-39-19-17-31)12-7-11-30(26)25(28(34)37)24-23(40-30)10-6-13-33(27(24)36)22-8-4-3-5-9-22/h3-11,21,23-26,35H,2,12-20H2,1H3/t21-,23+,24-,25-,26?,30-/m0/s1. The number of para-hydroxylation sites is 1. The molecular weight excluding hydrogens is 512 g/mol. The highest BCUT2D eigenvalue weighted by Crippen LogP contribution is 2.54. The molecule has 10 nitrogen and oxygen atoms in total. The Labute approximate surface area is 234 Å². The summed E-state index contributed by atoms with van der Waals surface area (Å²) in [5.74, 6) is -2.35. The van der Waals surface area contributed by atoms with Gasteiger partial charge < -0.3 is 29.3 Å². The number of aliphatic hydroxyl groups excluding tert-OH is 1. The predicted molar refractivity (Wildman–Crippen MR) is 147 cm³/mol. The quantitative estimate of drug-likeness (QED) is 0.498. The van der Waals surface area contributed by atoms with Gasteiger partial charge in [0.05, 0.1) is 43.8 Å². The fraction of sp³-hybridized carbons (Fsp3) is 0.567. The molecule has 1 aromatic carbocycles. The van der Waals surface area contributed by atoms with E-state index in [1.807, 2.05) is 61.6 Å². The molecular formula is C30H38N4O6. The van der Waals surface area contributed by atoms with Gasteiger partial charge in [0.2, 0.25) is 17.7 Å². The first kappa shape index (κ1) is 27.1. The van der Waals surface area contributed by atoms with Gasteiger partial charge in [0, 0.05) is 45.0 Å². The highest BCUT2D eigenvalue weighted by Gasteiger charge is 2.72. The zero-order valence-electron chi connectivity index (χ0n) is 22.9. The van der Waals surface area contributed by atoms with E-state index in [0.717, 1.165) is 18.8 Å². The van der Waals surface area contributed by atoms with Gasteiger partial charge in [-0.2, -0.15) is 0 Å². The van der Waals surface area contributed by atoms with E-state index in [1.54, 1.807) is 9.80 Å². The maximum atomic E-state index is 14.3. The SMILES string of the molecule is CC[C@@H](CO)N1C(=O)[C@@H]2[C@H]3C(=O)N(c4ccccc4)CC=C[C@H]3O[C@@]23C=CCN(CCN2CCOCC2)C(=O)C13. The van der Waals surface area contributed by atoms with E-state index >= 15 is 0 Å². The van der Waals surface area contributed by atoms with Gasteiger partial charge >= 0.3 is 0 Å². The number of rotatable bonds is 7. The Kier molecular flexibility index (Phi) is 7.52. The van der Waals surface area contributed by atoms with Crippen LogP contribution in [0.15, 0.2) is 54.6 Å². The van der Waals surface area contributed by atoms with Crippen LogP contribution >= 0.6 is 0 Å². The predicted octanol–water partition coefficient (Wildman–Crippen LogP) is 0.672. The van der Waals surface area contributed by atoms with Gasteiger partial charge in [-0.15, -0.1) is 0 Å². The van der Waals surface area contributed by atoms with Crippen LogP contribution in [-0.4, -0.2) is 120 Å². The molecule has 5 heterocycles. The zero-order chi connectivity index (χ0) is 27.9. The molecule has 3 fully saturated rings. The van der Waals surface area contributed by atoms with Gasteiger partial charge in [0.15, 0.2) is 0 Å². The fourth-order valence-electron chi connectivity index (χ4n) is 7.06.